The maximum atomic E-state index is 4.16. The number of nitrogens with zero attached hydrogens (tertiary/aromatic N) is 2. The van der Waals surface area contributed by atoms with Gasteiger partial charge in [0.1, 0.15) is 0 Å². The maximum absolute atomic E-state index is 4.16. The van der Waals surface area contributed by atoms with Gasteiger partial charge >= 0.3 is 0 Å². The molecule has 0 bridgehead atoms. The standard InChI is InChI=1S/C6H6N2S.C2H6/c1-5-4-7-6-8(5)2-3-9-6;1-2/h2-4H,1H3;1-2H3. The molecule has 2 nitrogen and oxygen atoms in total. The summed E-state index contributed by atoms with van der Waals surface area (Å²) >= 11 is 1.66. The minimum absolute atomic E-state index is 1.08. The van der Waals surface area contributed by atoms with E-state index >= 15 is 0 Å². The number of imidazole rings is 1. The number of thiazole rings is 1. The number of aryl methyl sites for hydroxylation is 1. The highest BCUT2D eigenvalue weighted by Crippen LogP contribution is 2.10. The molecule has 2 heterocycles. The molecule has 0 atom stereocenters. The second kappa shape index (κ2) is 3.53. The van der Waals surface area contributed by atoms with E-state index in [1.54, 1.807) is 11.3 Å². The molecule has 0 aliphatic carbocycles. The Hall–Kier alpha value is -0.830. The van der Waals surface area contributed by atoms with Crippen molar-refractivity contribution in [3.8, 4) is 0 Å². The molecule has 0 radical (unpaired) electrons. The number of fused-ring (bicyclic) bond motifs is 1. The molecule has 0 aliphatic heterocycles. The first-order valence-corrected chi connectivity index (χ1v) is 4.63. The van der Waals surface area contributed by atoms with Gasteiger partial charge in [-0.15, -0.1) is 11.3 Å². The van der Waals surface area contributed by atoms with E-state index in [9.17, 15) is 0 Å². The van der Waals surface area contributed by atoms with Crippen molar-refractivity contribution < 1.29 is 0 Å². The molecule has 0 amide bonds. The molecule has 0 saturated carbocycles. The predicted octanol–water partition coefficient (Wildman–Crippen LogP) is 2.73. The summed E-state index contributed by atoms with van der Waals surface area (Å²) in [7, 11) is 0. The molecule has 60 valence electrons. The van der Waals surface area contributed by atoms with Crippen molar-refractivity contribution in [3.05, 3.63) is 23.5 Å². The van der Waals surface area contributed by atoms with Gasteiger partial charge in [-0.1, -0.05) is 13.8 Å². The molecule has 0 saturated heterocycles. The van der Waals surface area contributed by atoms with Crippen molar-refractivity contribution in [1.82, 2.24) is 9.38 Å². The summed E-state index contributed by atoms with van der Waals surface area (Å²) in [6, 6.07) is 0. The van der Waals surface area contributed by atoms with Gasteiger partial charge in [-0.25, -0.2) is 4.98 Å². The van der Waals surface area contributed by atoms with Crippen LogP contribution in [0.5, 0.6) is 0 Å². The molecular weight excluding hydrogens is 156 g/mol. The molecule has 11 heavy (non-hydrogen) atoms. The normalized spacial score (nSPS) is 9.36. The zero-order chi connectivity index (χ0) is 8.27. The fourth-order valence-electron chi connectivity index (χ4n) is 0.845. The highest BCUT2D eigenvalue weighted by molar-refractivity contribution is 7.15. The minimum Gasteiger partial charge on any atom is -0.295 e. The Morgan fingerprint density at radius 2 is 2.18 bits per heavy atom. The summed E-state index contributed by atoms with van der Waals surface area (Å²) in [5.74, 6) is 0. The monoisotopic (exact) mass is 168 g/mol. The van der Waals surface area contributed by atoms with E-state index in [1.165, 1.54) is 5.69 Å². The van der Waals surface area contributed by atoms with E-state index in [1.807, 2.05) is 38.5 Å². The van der Waals surface area contributed by atoms with E-state index < -0.39 is 0 Å². The third-order valence-corrected chi connectivity index (χ3v) is 2.10. The Bertz CT molecular complexity index is 321. The lowest BCUT2D eigenvalue weighted by atomic mass is 10.6. The van der Waals surface area contributed by atoms with Crippen molar-refractivity contribution >= 4 is 16.3 Å². The lowest BCUT2D eigenvalue weighted by molar-refractivity contribution is 1.14. The van der Waals surface area contributed by atoms with Crippen molar-refractivity contribution in [2.75, 3.05) is 0 Å². The second-order valence-electron chi connectivity index (χ2n) is 1.96. The Morgan fingerprint density at radius 3 is 2.82 bits per heavy atom. The number of rotatable bonds is 0. The van der Waals surface area contributed by atoms with Crippen molar-refractivity contribution in [1.29, 1.82) is 0 Å². The molecule has 0 aromatic carbocycles. The molecule has 0 spiro atoms. The Morgan fingerprint density at radius 1 is 1.45 bits per heavy atom. The third-order valence-electron chi connectivity index (χ3n) is 1.33. The van der Waals surface area contributed by atoms with Gasteiger partial charge in [0.05, 0.1) is 0 Å². The molecule has 0 aliphatic rings. The summed E-state index contributed by atoms with van der Waals surface area (Å²) in [6.45, 7) is 6.05. The zero-order valence-corrected chi connectivity index (χ0v) is 7.85. The van der Waals surface area contributed by atoms with Crippen molar-refractivity contribution in [2.24, 2.45) is 0 Å². The summed E-state index contributed by atoms with van der Waals surface area (Å²) in [6.07, 6.45) is 3.91. The smallest absolute Gasteiger partial charge is 0.193 e. The first kappa shape index (κ1) is 8.27. The largest absolute Gasteiger partial charge is 0.295 e. The van der Waals surface area contributed by atoms with Crippen molar-refractivity contribution in [2.45, 2.75) is 20.8 Å². The molecule has 0 N–H and O–H groups in total. The highest BCUT2D eigenvalue weighted by atomic mass is 32.1. The maximum Gasteiger partial charge on any atom is 0.193 e. The van der Waals surface area contributed by atoms with Crippen LogP contribution in [0.1, 0.15) is 19.5 Å². The number of aromatic nitrogens is 2. The zero-order valence-electron chi connectivity index (χ0n) is 7.03. The van der Waals surface area contributed by atoms with Gasteiger partial charge in [0.15, 0.2) is 4.96 Å². The molecular formula is C8H12N2S. The third kappa shape index (κ3) is 1.43. The van der Waals surface area contributed by atoms with E-state index in [0.717, 1.165) is 4.96 Å². The van der Waals surface area contributed by atoms with Crippen LogP contribution in [0.2, 0.25) is 0 Å². The molecule has 0 fully saturated rings. The van der Waals surface area contributed by atoms with Gasteiger partial charge in [-0.2, -0.15) is 0 Å². The Balaban J connectivity index is 0.000000281. The van der Waals surface area contributed by atoms with Gasteiger partial charge in [-0.3, -0.25) is 4.40 Å². The van der Waals surface area contributed by atoms with Crippen molar-refractivity contribution in [3.63, 3.8) is 0 Å². The van der Waals surface area contributed by atoms with Gasteiger partial charge in [-0.05, 0) is 6.92 Å². The van der Waals surface area contributed by atoms with Crippen LogP contribution >= 0.6 is 11.3 Å². The van der Waals surface area contributed by atoms with E-state index in [-0.39, 0.29) is 0 Å². The van der Waals surface area contributed by atoms with Crippen LogP contribution in [0.3, 0.4) is 0 Å². The molecule has 3 heteroatoms. The summed E-state index contributed by atoms with van der Waals surface area (Å²) < 4.78 is 2.07. The predicted molar refractivity (Wildman–Crippen MR) is 49.2 cm³/mol. The quantitative estimate of drug-likeness (QED) is 0.591. The fraction of sp³-hybridized carbons (Fsp3) is 0.375. The van der Waals surface area contributed by atoms with Gasteiger partial charge in [0.2, 0.25) is 0 Å². The summed E-state index contributed by atoms with van der Waals surface area (Å²) in [4.78, 5) is 5.24. The summed E-state index contributed by atoms with van der Waals surface area (Å²) in [5, 5.41) is 2.04. The van der Waals surface area contributed by atoms with Crippen LogP contribution in [0.25, 0.3) is 4.96 Å². The summed E-state index contributed by atoms with van der Waals surface area (Å²) in [5.41, 5.74) is 1.20. The van der Waals surface area contributed by atoms with Crippen LogP contribution in [0.15, 0.2) is 17.8 Å². The Labute approximate surface area is 70.5 Å². The Kier molecular flexibility index (Phi) is 2.65. The van der Waals surface area contributed by atoms with Crippen LogP contribution < -0.4 is 0 Å². The van der Waals surface area contributed by atoms with Crippen LogP contribution in [0, 0.1) is 6.92 Å². The molecule has 2 aromatic heterocycles. The first-order valence-electron chi connectivity index (χ1n) is 3.75. The fourth-order valence-corrected chi connectivity index (χ4v) is 1.58. The number of hydrogen-bond acceptors (Lipinski definition) is 2. The van der Waals surface area contributed by atoms with E-state index in [4.69, 9.17) is 0 Å². The lowest BCUT2D eigenvalue weighted by Gasteiger charge is -1.81. The average molecular weight is 168 g/mol. The van der Waals surface area contributed by atoms with E-state index in [2.05, 4.69) is 9.38 Å². The topological polar surface area (TPSA) is 17.3 Å². The number of hydrogen-bond donors (Lipinski definition) is 0. The second-order valence-corrected chi connectivity index (χ2v) is 2.83. The molecule has 0 unspecified atom stereocenters. The lowest BCUT2D eigenvalue weighted by Crippen LogP contribution is -1.76. The SMILES string of the molecule is CC.Cc1cnc2sccn12. The highest BCUT2D eigenvalue weighted by Gasteiger charge is 1.95. The van der Waals surface area contributed by atoms with Gasteiger partial charge < -0.3 is 0 Å². The van der Waals surface area contributed by atoms with Gasteiger partial charge in [0, 0.05) is 23.5 Å². The molecule has 2 aromatic rings. The van der Waals surface area contributed by atoms with Crippen LogP contribution in [0.4, 0.5) is 0 Å². The van der Waals surface area contributed by atoms with Gasteiger partial charge in [0.25, 0.3) is 0 Å². The molecule has 2 rings (SSSR count). The minimum atomic E-state index is 1.08. The van der Waals surface area contributed by atoms with Crippen LogP contribution in [-0.2, 0) is 0 Å². The average Bonchev–Trinajstić information content (AvgIpc) is 2.60. The first-order chi connectivity index (χ1) is 5.38. The van der Waals surface area contributed by atoms with Crippen LogP contribution in [-0.4, -0.2) is 9.38 Å². The van der Waals surface area contributed by atoms with E-state index in [0.29, 0.717) is 0 Å².